The van der Waals surface area contributed by atoms with E-state index >= 15 is 0 Å². The summed E-state index contributed by atoms with van der Waals surface area (Å²) >= 11 is 0. The third-order valence-electron chi connectivity index (χ3n) is 2.80. The molecule has 3 nitrogen and oxygen atoms in total. The van der Waals surface area contributed by atoms with Gasteiger partial charge in [0.25, 0.3) is 0 Å². The molecular weight excluding hydrogens is 224 g/mol. The Morgan fingerprint density at radius 1 is 1.11 bits per heavy atom. The van der Waals surface area contributed by atoms with E-state index < -0.39 is 0 Å². The van der Waals surface area contributed by atoms with Gasteiger partial charge in [0.2, 0.25) is 5.91 Å². The molecule has 0 aliphatic carbocycles. The molecule has 0 saturated carbocycles. The second kappa shape index (κ2) is 6.17. The number of amides is 1. The first-order valence-corrected chi connectivity index (χ1v) is 6.24. The summed E-state index contributed by atoms with van der Waals surface area (Å²) in [7, 11) is 0. The Labute approximate surface area is 107 Å². The minimum atomic E-state index is 0.0401. The van der Waals surface area contributed by atoms with Crippen molar-refractivity contribution < 1.29 is 4.79 Å². The van der Waals surface area contributed by atoms with E-state index in [1.54, 1.807) is 0 Å². The van der Waals surface area contributed by atoms with Crippen LogP contribution in [0.4, 0.5) is 0 Å². The van der Waals surface area contributed by atoms with Gasteiger partial charge in [-0.2, -0.15) is 0 Å². The molecule has 0 aromatic heterocycles. The number of likely N-dealkylation sites (N-methyl/N-ethyl adjacent to an activating group) is 1. The molecule has 0 saturated heterocycles. The van der Waals surface area contributed by atoms with Crippen LogP contribution in [0.3, 0.4) is 0 Å². The number of fused-ring (bicyclic) bond motifs is 1. The molecule has 2 aromatic carbocycles. The quantitative estimate of drug-likeness (QED) is 0.842. The fourth-order valence-electron chi connectivity index (χ4n) is 1.93. The Kier molecular flexibility index (Phi) is 4.31. The molecular formula is C15H18N2O. The van der Waals surface area contributed by atoms with Crippen molar-refractivity contribution >= 4 is 16.7 Å². The molecule has 0 heterocycles. The van der Waals surface area contributed by atoms with Gasteiger partial charge in [-0.1, -0.05) is 36.4 Å². The number of carbonyl (C=O) groups is 1. The zero-order chi connectivity index (χ0) is 12.8. The fourth-order valence-corrected chi connectivity index (χ4v) is 1.93. The largest absolute Gasteiger partial charge is 0.355 e. The molecule has 0 radical (unpaired) electrons. The van der Waals surface area contributed by atoms with Crippen molar-refractivity contribution in [1.29, 1.82) is 0 Å². The van der Waals surface area contributed by atoms with Gasteiger partial charge in [-0.05, 0) is 29.3 Å². The van der Waals surface area contributed by atoms with Gasteiger partial charge in [-0.3, -0.25) is 4.79 Å². The molecule has 18 heavy (non-hydrogen) atoms. The molecule has 2 rings (SSSR count). The van der Waals surface area contributed by atoms with E-state index in [4.69, 9.17) is 0 Å². The van der Waals surface area contributed by atoms with E-state index in [0.717, 1.165) is 0 Å². The van der Waals surface area contributed by atoms with Crippen LogP contribution in [0.1, 0.15) is 12.5 Å². The molecule has 0 aliphatic rings. The van der Waals surface area contributed by atoms with Crippen LogP contribution in [0.15, 0.2) is 42.5 Å². The second-order valence-corrected chi connectivity index (χ2v) is 4.24. The lowest BCUT2D eigenvalue weighted by Gasteiger charge is -2.06. The Bertz CT molecular complexity index is 537. The Morgan fingerprint density at radius 3 is 2.67 bits per heavy atom. The highest BCUT2D eigenvalue weighted by Gasteiger charge is 1.99. The Morgan fingerprint density at radius 2 is 1.89 bits per heavy atom. The van der Waals surface area contributed by atoms with E-state index in [1.165, 1.54) is 16.3 Å². The number of hydrogen-bond acceptors (Lipinski definition) is 2. The van der Waals surface area contributed by atoms with Crippen LogP contribution in [-0.4, -0.2) is 19.0 Å². The summed E-state index contributed by atoms with van der Waals surface area (Å²) in [5.41, 5.74) is 1.19. The summed E-state index contributed by atoms with van der Waals surface area (Å²) in [6.45, 7) is 3.67. The first kappa shape index (κ1) is 12.6. The second-order valence-electron chi connectivity index (χ2n) is 4.24. The van der Waals surface area contributed by atoms with Crippen LogP contribution in [-0.2, 0) is 11.3 Å². The Hall–Kier alpha value is -1.87. The van der Waals surface area contributed by atoms with Gasteiger partial charge in [0.1, 0.15) is 0 Å². The van der Waals surface area contributed by atoms with Gasteiger partial charge in [0.15, 0.2) is 0 Å². The van der Waals surface area contributed by atoms with E-state index in [1.807, 2.05) is 19.1 Å². The topological polar surface area (TPSA) is 41.1 Å². The lowest BCUT2D eigenvalue weighted by molar-refractivity contribution is -0.120. The monoisotopic (exact) mass is 242 g/mol. The minimum Gasteiger partial charge on any atom is -0.355 e. The summed E-state index contributed by atoms with van der Waals surface area (Å²) in [6.07, 6.45) is 0. The maximum Gasteiger partial charge on any atom is 0.233 e. The van der Waals surface area contributed by atoms with Crippen molar-refractivity contribution in [3.63, 3.8) is 0 Å². The highest BCUT2D eigenvalue weighted by atomic mass is 16.1. The molecule has 0 bridgehead atoms. The summed E-state index contributed by atoms with van der Waals surface area (Å²) in [5, 5.41) is 8.37. The van der Waals surface area contributed by atoms with Gasteiger partial charge >= 0.3 is 0 Å². The zero-order valence-electron chi connectivity index (χ0n) is 10.6. The van der Waals surface area contributed by atoms with E-state index in [0.29, 0.717) is 19.6 Å². The summed E-state index contributed by atoms with van der Waals surface area (Å²) in [6, 6.07) is 14.6. The van der Waals surface area contributed by atoms with E-state index in [9.17, 15) is 4.79 Å². The molecule has 1 amide bonds. The molecule has 2 N–H and O–H groups in total. The highest BCUT2D eigenvalue weighted by Crippen LogP contribution is 2.15. The smallest absolute Gasteiger partial charge is 0.233 e. The molecule has 0 unspecified atom stereocenters. The molecule has 0 aliphatic heterocycles. The van der Waals surface area contributed by atoms with Crippen LogP contribution in [0.5, 0.6) is 0 Å². The lowest BCUT2D eigenvalue weighted by atomic mass is 10.1. The molecule has 2 aromatic rings. The van der Waals surface area contributed by atoms with Crippen LogP contribution in [0, 0.1) is 0 Å². The predicted molar refractivity (Wildman–Crippen MR) is 74.3 cm³/mol. The minimum absolute atomic E-state index is 0.0401. The number of carbonyl (C=O) groups excluding carboxylic acids is 1. The van der Waals surface area contributed by atoms with E-state index in [2.05, 4.69) is 41.0 Å². The number of rotatable bonds is 5. The summed E-state index contributed by atoms with van der Waals surface area (Å²) in [5.74, 6) is 0.0401. The average Bonchev–Trinajstić information content (AvgIpc) is 2.39. The summed E-state index contributed by atoms with van der Waals surface area (Å²) < 4.78 is 0. The standard InChI is InChI=1S/C15H18N2O/c1-2-17-15(18)11-16-10-12-7-8-13-5-3-4-6-14(13)9-12/h3-9,16H,2,10-11H2,1H3,(H,17,18). The predicted octanol–water partition coefficient (Wildman–Crippen LogP) is 2.07. The summed E-state index contributed by atoms with van der Waals surface area (Å²) in [4.78, 5) is 11.3. The average molecular weight is 242 g/mol. The molecule has 94 valence electrons. The third kappa shape index (κ3) is 3.31. The van der Waals surface area contributed by atoms with Crippen LogP contribution >= 0.6 is 0 Å². The molecule has 0 atom stereocenters. The molecule has 0 fully saturated rings. The van der Waals surface area contributed by atoms with Crippen LogP contribution in [0.25, 0.3) is 10.8 Å². The van der Waals surface area contributed by atoms with Crippen molar-refractivity contribution in [3.8, 4) is 0 Å². The van der Waals surface area contributed by atoms with Gasteiger partial charge in [0.05, 0.1) is 6.54 Å². The fraction of sp³-hybridized carbons (Fsp3) is 0.267. The molecule has 0 spiro atoms. The highest BCUT2D eigenvalue weighted by molar-refractivity contribution is 5.83. The lowest BCUT2D eigenvalue weighted by Crippen LogP contribution is -2.33. The van der Waals surface area contributed by atoms with Crippen molar-refractivity contribution in [2.24, 2.45) is 0 Å². The third-order valence-corrected chi connectivity index (χ3v) is 2.80. The van der Waals surface area contributed by atoms with Gasteiger partial charge in [-0.25, -0.2) is 0 Å². The van der Waals surface area contributed by atoms with Crippen molar-refractivity contribution in [1.82, 2.24) is 10.6 Å². The SMILES string of the molecule is CCNC(=O)CNCc1ccc2ccccc2c1. The number of benzene rings is 2. The molecule has 3 heteroatoms. The van der Waals surface area contributed by atoms with Crippen molar-refractivity contribution in [3.05, 3.63) is 48.0 Å². The maximum atomic E-state index is 11.3. The van der Waals surface area contributed by atoms with Crippen molar-refractivity contribution in [2.75, 3.05) is 13.1 Å². The maximum absolute atomic E-state index is 11.3. The zero-order valence-corrected chi connectivity index (χ0v) is 10.6. The number of nitrogens with one attached hydrogen (secondary N) is 2. The van der Waals surface area contributed by atoms with Crippen molar-refractivity contribution in [2.45, 2.75) is 13.5 Å². The first-order chi connectivity index (χ1) is 8.79. The Balaban J connectivity index is 1.93. The van der Waals surface area contributed by atoms with Crippen LogP contribution < -0.4 is 10.6 Å². The van der Waals surface area contributed by atoms with E-state index in [-0.39, 0.29) is 5.91 Å². The normalized spacial score (nSPS) is 10.5. The van der Waals surface area contributed by atoms with Crippen LogP contribution in [0.2, 0.25) is 0 Å². The number of hydrogen-bond donors (Lipinski definition) is 2. The van der Waals surface area contributed by atoms with Gasteiger partial charge in [-0.15, -0.1) is 0 Å². The van der Waals surface area contributed by atoms with Gasteiger partial charge in [0, 0.05) is 13.1 Å². The van der Waals surface area contributed by atoms with Gasteiger partial charge < -0.3 is 10.6 Å². The first-order valence-electron chi connectivity index (χ1n) is 6.24.